The first kappa shape index (κ1) is 25.9. The number of nitrogens with one attached hydrogen (secondary N) is 2. The average molecular weight is 548 g/mol. The number of para-hydroxylation sites is 1. The van der Waals surface area contributed by atoms with Crippen LogP contribution >= 0.6 is 11.3 Å². The van der Waals surface area contributed by atoms with Crippen molar-refractivity contribution >= 4 is 44.7 Å². The number of rotatable bonds is 7. The van der Waals surface area contributed by atoms with Crippen molar-refractivity contribution in [3.63, 3.8) is 0 Å². The molecular formula is C28H33N7O3S. The van der Waals surface area contributed by atoms with Crippen molar-refractivity contribution in [1.29, 1.82) is 0 Å². The monoisotopic (exact) mass is 547 g/mol. The molecule has 4 aromatic rings. The van der Waals surface area contributed by atoms with Gasteiger partial charge >= 0.3 is 0 Å². The average Bonchev–Trinajstić information content (AvgIpc) is 3.50. The van der Waals surface area contributed by atoms with Gasteiger partial charge in [0.05, 0.1) is 27.9 Å². The van der Waals surface area contributed by atoms with Crippen molar-refractivity contribution in [1.82, 2.24) is 19.9 Å². The Morgan fingerprint density at radius 2 is 1.82 bits per heavy atom. The molecule has 10 nitrogen and oxygen atoms in total. The first-order valence-electron chi connectivity index (χ1n) is 13.3. The predicted molar refractivity (Wildman–Crippen MR) is 155 cm³/mol. The molecule has 2 fully saturated rings. The molecule has 0 spiro atoms. The molecule has 5 N–H and O–H groups in total. The lowest BCUT2D eigenvalue weighted by atomic mass is 10.1. The maximum absolute atomic E-state index is 10.7. The normalized spacial score (nSPS) is 23.8. The second-order valence-corrected chi connectivity index (χ2v) is 11.3. The molecule has 4 atom stereocenters. The van der Waals surface area contributed by atoms with Crippen LogP contribution in [0.15, 0.2) is 54.7 Å². The molecule has 0 amide bonds. The summed E-state index contributed by atoms with van der Waals surface area (Å²) in [6.07, 6.45) is 0.117. The lowest BCUT2D eigenvalue weighted by molar-refractivity contribution is 0.00446. The summed E-state index contributed by atoms with van der Waals surface area (Å²) in [4.78, 5) is 18.9. The third-order valence-electron chi connectivity index (χ3n) is 7.64. The largest absolute Gasteiger partial charge is 0.396 e. The minimum Gasteiger partial charge on any atom is -0.396 e. The number of hydrogen-bond donors (Lipinski definition) is 5. The Kier molecular flexibility index (Phi) is 7.32. The first-order chi connectivity index (χ1) is 19.0. The summed E-state index contributed by atoms with van der Waals surface area (Å²) in [6, 6.07) is 15.7. The van der Waals surface area contributed by atoms with Crippen molar-refractivity contribution < 1.29 is 15.3 Å². The summed E-state index contributed by atoms with van der Waals surface area (Å²) in [6.45, 7) is 3.82. The Morgan fingerprint density at radius 1 is 1.00 bits per heavy atom. The molecule has 1 aliphatic carbocycles. The van der Waals surface area contributed by atoms with Crippen LogP contribution < -0.4 is 15.5 Å². The maximum atomic E-state index is 10.7. The van der Waals surface area contributed by atoms with Crippen molar-refractivity contribution in [2.75, 3.05) is 55.4 Å². The van der Waals surface area contributed by atoms with Crippen LogP contribution in [0.5, 0.6) is 0 Å². The van der Waals surface area contributed by atoms with Gasteiger partial charge in [-0.15, -0.1) is 11.3 Å². The fraction of sp³-hybridized carbons (Fsp3) is 0.393. The van der Waals surface area contributed by atoms with Gasteiger partial charge in [0.25, 0.3) is 0 Å². The van der Waals surface area contributed by atoms with Gasteiger partial charge in [0, 0.05) is 56.3 Å². The number of likely N-dealkylation sites (N-methyl/N-ethyl adjacent to an activating group) is 1. The van der Waals surface area contributed by atoms with Gasteiger partial charge in [-0.3, -0.25) is 0 Å². The van der Waals surface area contributed by atoms with Crippen LogP contribution in [-0.2, 0) is 0 Å². The van der Waals surface area contributed by atoms with Gasteiger partial charge in [0.2, 0.25) is 5.95 Å². The van der Waals surface area contributed by atoms with E-state index in [1.54, 1.807) is 17.5 Å². The number of piperazine rings is 1. The second-order valence-electron chi connectivity index (χ2n) is 10.3. The number of hydrogen-bond acceptors (Lipinski definition) is 11. The molecule has 1 saturated heterocycles. The first-order valence-corrected chi connectivity index (χ1v) is 14.1. The van der Waals surface area contributed by atoms with Crippen LogP contribution in [-0.4, -0.2) is 93.3 Å². The van der Waals surface area contributed by atoms with E-state index in [1.165, 1.54) is 0 Å². The SMILES string of the molecule is CN1CCN(c2cccc(Nc3ncc(-c4nc5ccccc5s4)c(NC4C[C@H](CO)[C@@H](O)[C@H]4O)n3)c2)CC1. The minimum absolute atomic E-state index is 0.193. The molecule has 204 valence electrons. The van der Waals surface area contributed by atoms with Crippen LogP contribution in [0.3, 0.4) is 0 Å². The summed E-state index contributed by atoms with van der Waals surface area (Å²) in [7, 11) is 2.14. The Hall–Kier alpha value is -3.35. The number of anilines is 4. The summed E-state index contributed by atoms with van der Waals surface area (Å²) >= 11 is 1.54. The summed E-state index contributed by atoms with van der Waals surface area (Å²) in [5, 5.41) is 38.1. The highest BCUT2D eigenvalue weighted by Crippen LogP contribution is 2.36. The van der Waals surface area contributed by atoms with E-state index in [-0.39, 0.29) is 6.61 Å². The predicted octanol–water partition coefficient (Wildman–Crippen LogP) is 2.76. The van der Waals surface area contributed by atoms with Crippen LogP contribution in [0.25, 0.3) is 20.8 Å². The third-order valence-corrected chi connectivity index (χ3v) is 8.71. The number of thiazole rings is 1. The van der Waals surface area contributed by atoms with E-state index in [0.29, 0.717) is 23.8 Å². The summed E-state index contributed by atoms with van der Waals surface area (Å²) in [5.41, 5.74) is 3.63. The number of aliphatic hydroxyl groups excluding tert-OH is 3. The van der Waals surface area contributed by atoms with Crippen molar-refractivity contribution in [2.45, 2.75) is 24.7 Å². The number of benzene rings is 2. The van der Waals surface area contributed by atoms with Crippen LogP contribution in [0.4, 0.5) is 23.1 Å². The van der Waals surface area contributed by atoms with E-state index in [1.807, 2.05) is 36.4 Å². The zero-order valence-electron chi connectivity index (χ0n) is 21.7. The molecule has 0 radical (unpaired) electrons. The zero-order chi connectivity index (χ0) is 26.9. The Morgan fingerprint density at radius 3 is 2.59 bits per heavy atom. The molecular weight excluding hydrogens is 514 g/mol. The molecule has 0 bridgehead atoms. The zero-order valence-corrected chi connectivity index (χ0v) is 22.6. The molecule has 2 aromatic carbocycles. The highest BCUT2D eigenvalue weighted by molar-refractivity contribution is 7.21. The van der Waals surface area contributed by atoms with Crippen LogP contribution in [0, 0.1) is 5.92 Å². The minimum atomic E-state index is -1.03. The van der Waals surface area contributed by atoms with Gasteiger partial charge in [-0.2, -0.15) is 4.98 Å². The van der Waals surface area contributed by atoms with Crippen molar-refractivity contribution in [3.05, 3.63) is 54.7 Å². The summed E-state index contributed by atoms with van der Waals surface area (Å²) in [5.74, 6) is 0.515. The van der Waals surface area contributed by atoms with Gasteiger partial charge < -0.3 is 35.8 Å². The Bertz CT molecular complexity index is 1410. The van der Waals surface area contributed by atoms with E-state index in [2.05, 4.69) is 44.6 Å². The second kappa shape index (κ2) is 11.0. The van der Waals surface area contributed by atoms with E-state index in [9.17, 15) is 15.3 Å². The molecule has 2 aliphatic rings. The van der Waals surface area contributed by atoms with Crippen molar-refractivity contribution in [2.24, 2.45) is 5.92 Å². The lowest BCUT2D eigenvalue weighted by Crippen LogP contribution is -2.44. The van der Waals surface area contributed by atoms with Gasteiger partial charge in [-0.25, -0.2) is 9.97 Å². The lowest BCUT2D eigenvalue weighted by Gasteiger charge is -2.34. The summed E-state index contributed by atoms with van der Waals surface area (Å²) < 4.78 is 1.05. The molecule has 6 rings (SSSR count). The molecule has 1 saturated carbocycles. The van der Waals surface area contributed by atoms with E-state index >= 15 is 0 Å². The van der Waals surface area contributed by atoms with E-state index in [0.717, 1.165) is 52.8 Å². The number of aromatic nitrogens is 3. The van der Waals surface area contributed by atoms with Gasteiger partial charge in [-0.1, -0.05) is 18.2 Å². The van der Waals surface area contributed by atoms with Crippen molar-refractivity contribution in [3.8, 4) is 10.6 Å². The molecule has 1 unspecified atom stereocenters. The van der Waals surface area contributed by atoms with Gasteiger partial charge in [-0.05, 0) is 43.8 Å². The van der Waals surface area contributed by atoms with Crippen LogP contribution in [0.2, 0.25) is 0 Å². The van der Waals surface area contributed by atoms with Gasteiger partial charge in [0.15, 0.2) is 0 Å². The van der Waals surface area contributed by atoms with Gasteiger partial charge in [0.1, 0.15) is 16.9 Å². The number of aliphatic hydroxyl groups is 3. The fourth-order valence-electron chi connectivity index (χ4n) is 5.29. The fourth-order valence-corrected chi connectivity index (χ4v) is 6.27. The van der Waals surface area contributed by atoms with E-state index < -0.39 is 24.2 Å². The molecule has 1 aliphatic heterocycles. The number of fused-ring (bicyclic) bond motifs is 1. The highest BCUT2D eigenvalue weighted by atomic mass is 32.1. The third kappa shape index (κ3) is 5.41. The Labute approximate surface area is 231 Å². The van der Waals surface area contributed by atoms with Crippen LogP contribution in [0.1, 0.15) is 6.42 Å². The maximum Gasteiger partial charge on any atom is 0.229 e. The molecule has 39 heavy (non-hydrogen) atoms. The quantitative estimate of drug-likeness (QED) is 0.235. The standard InChI is InChI=1S/C28H33N7O3S/c1-34-9-11-35(12-10-34)19-6-4-5-18(14-19)30-28-29-15-20(27-32-21-7-2-3-8-23(21)39-27)26(33-28)31-22-13-17(16-36)24(37)25(22)38/h2-8,14-15,17,22,24-25,36-38H,9-13,16H2,1H3,(H2,29,30,31,33)/t17-,22?,24-,25+/m1/s1. The van der Waals surface area contributed by atoms with E-state index in [4.69, 9.17) is 9.97 Å². The molecule has 11 heteroatoms. The highest BCUT2D eigenvalue weighted by Gasteiger charge is 2.41. The Balaban J connectivity index is 1.30. The topological polar surface area (TPSA) is 130 Å². The molecule has 2 aromatic heterocycles. The molecule has 3 heterocycles. The number of nitrogens with zero attached hydrogens (tertiary/aromatic N) is 5. The smallest absolute Gasteiger partial charge is 0.229 e.